The topological polar surface area (TPSA) is 59.1 Å². The Morgan fingerprint density at radius 1 is 1.17 bits per heavy atom. The van der Waals surface area contributed by atoms with Gasteiger partial charge < -0.3 is 19.3 Å². The van der Waals surface area contributed by atoms with Crippen LogP contribution in [0.5, 0.6) is 0 Å². The molecule has 6 heteroatoms. The Bertz CT molecular complexity index is 470. The molecule has 2 unspecified atom stereocenters. The van der Waals surface area contributed by atoms with E-state index in [-0.39, 0.29) is 24.2 Å². The van der Waals surface area contributed by atoms with Gasteiger partial charge in [0.05, 0.1) is 11.6 Å². The molecule has 2 atom stereocenters. The average Bonchev–Trinajstić information content (AvgIpc) is 2.81. The lowest BCUT2D eigenvalue weighted by Gasteiger charge is -2.47. The van der Waals surface area contributed by atoms with Crippen LogP contribution in [0.15, 0.2) is 0 Å². The van der Waals surface area contributed by atoms with Crippen LogP contribution in [0.1, 0.15) is 54.4 Å². The minimum Gasteiger partial charge on any atom is -0.444 e. The van der Waals surface area contributed by atoms with Crippen molar-refractivity contribution in [1.29, 1.82) is 0 Å². The van der Waals surface area contributed by atoms with E-state index in [1.807, 2.05) is 46.4 Å². The number of hydrogen-bond acceptors (Lipinski definition) is 4. The van der Waals surface area contributed by atoms with Gasteiger partial charge in [0.2, 0.25) is 0 Å². The minimum atomic E-state index is -0.512. The predicted octanol–water partition coefficient (Wildman–Crippen LogP) is 2.41. The fourth-order valence-electron chi connectivity index (χ4n) is 3.20. The van der Waals surface area contributed by atoms with E-state index in [2.05, 4.69) is 0 Å². The van der Waals surface area contributed by atoms with Crippen molar-refractivity contribution in [3.8, 4) is 0 Å². The molecule has 23 heavy (non-hydrogen) atoms. The second-order valence-electron chi connectivity index (χ2n) is 8.22. The maximum Gasteiger partial charge on any atom is 0.410 e. The van der Waals surface area contributed by atoms with Gasteiger partial charge in [-0.15, -0.1) is 0 Å². The molecule has 0 aromatic carbocycles. The molecular weight excluding hydrogens is 296 g/mol. The van der Waals surface area contributed by atoms with Crippen LogP contribution < -0.4 is 0 Å². The number of rotatable bonds is 1. The summed E-state index contributed by atoms with van der Waals surface area (Å²) in [4.78, 5) is 28.5. The molecule has 0 aromatic rings. The first-order chi connectivity index (χ1) is 10.5. The van der Waals surface area contributed by atoms with Crippen molar-refractivity contribution >= 4 is 12.0 Å². The molecule has 0 N–H and O–H groups in total. The first kappa shape index (κ1) is 18.0. The zero-order valence-electron chi connectivity index (χ0n) is 15.2. The number of hydrogen-bond donors (Lipinski definition) is 0. The number of nitrogens with zero attached hydrogens (tertiary/aromatic N) is 2. The quantitative estimate of drug-likeness (QED) is 0.742. The van der Waals surface area contributed by atoms with Gasteiger partial charge in [-0.2, -0.15) is 0 Å². The number of ether oxygens (including phenoxy) is 2. The average molecular weight is 326 g/mol. The third kappa shape index (κ3) is 4.37. The highest BCUT2D eigenvalue weighted by Gasteiger charge is 2.43. The van der Waals surface area contributed by atoms with E-state index >= 15 is 0 Å². The van der Waals surface area contributed by atoms with Crippen LogP contribution in [-0.2, 0) is 14.3 Å². The third-order valence-corrected chi connectivity index (χ3v) is 4.33. The molecule has 0 aliphatic carbocycles. The lowest BCUT2D eigenvalue weighted by molar-refractivity contribution is -0.151. The highest BCUT2D eigenvalue weighted by atomic mass is 16.6. The molecule has 0 aromatic heterocycles. The summed E-state index contributed by atoms with van der Waals surface area (Å²) in [5.74, 6) is 0.0446. The van der Waals surface area contributed by atoms with Crippen LogP contribution in [0.4, 0.5) is 4.79 Å². The lowest BCUT2D eigenvalue weighted by Crippen LogP contribution is -2.63. The maximum absolute atomic E-state index is 12.7. The van der Waals surface area contributed by atoms with Crippen LogP contribution >= 0.6 is 0 Å². The maximum atomic E-state index is 12.7. The molecule has 2 amide bonds. The van der Waals surface area contributed by atoms with Crippen LogP contribution in [0.3, 0.4) is 0 Å². The summed E-state index contributed by atoms with van der Waals surface area (Å²) < 4.78 is 11.2. The van der Waals surface area contributed by atoms with Crippen LogP contribution in [0.2, 0.25) is 0 Å². The van der Waals surface area contributed by atoms with Gasteiger partial charge in [-0.25, -0.2) is 4.79 Å². The lowest BCUT2D eigenvalue weighted by atomic mass is 9.97. The molecule has 2 aliphatic rings. The molecule has 0 saturated carbocycles. The Hall–Kier alpha value is -1.30. The van der Waals surface area contributed by atoms with E-state index in [1.165, 1.54) is 0 Å². The van der Waals surface area contributed by atoms with Crippen LogP contribution in [0, 0.1) is 0 Å². The first-order valence-corrected chi connectivity index (χ1v) is 8.44. The van der Waals surface area contributed by atoms with Crippen LogP contribution in [-0.4, -0.2) is 64.8 Å². The van der Waals surface area contributed by atoms with Gasteiger partial charge in [0.1, 0.15) is 11.7 Å². The Morgan fingerprint density at radius 2 is 1.83 bits per heavy atom. The fraction of sp³-hybridized carbons (Fsp3) is 0.882. The smallest absolute Gasteiger partial charge is 0.410 e. The van der Waals surface area contributed by atoms with Crippen molar-refractivity contribution in [2.24, 2.45) is 0 Å². The third-order valence-electron chi connectivity index (χ3n) is 4.33. The van der Waals surface area contributed by atoms with E-state index in [1.54, 1.807) is 4.90 Å². The molecule has 2 heterocycles. The van der Waals surface area contributed by atoms with E-state index < -0.39 is 11.1 Å². The fourth-order valence-corrected chi connectivity index (χ4v) is 3.20. The number of carbonyl (C=O) groups excluding carboxylic acids is 2. The number of amides is 2. The molecule has 132 valence electrons. The minimum absolute atomic E-state index is 0.0446. The van der Waals surface area contributed by atoms with Gasteiger partial charge in [-0.3, -0.25) is 4.79 Å². The van der Waals surface area contributed by atoms with E-state index in [4.69, 9.17) is 9.47 Å². The molecule has 2 aliphatic heterocycles. The van der Waals surface area contributed by atoms with Gasteiger partial charge in [-0.05, 0) is 54.4 Å². The molecule has 2 rings (SSSR count). The van der Waals surface area contributed by atoms with Gasteiger partial charge in [0.15, 0.2) is 0 Å². The van der Waals surface area contributed by atoms with Crippen molar-refractivity contribution < 1.29 is 19.1 Å². The Kier molecular flexibility index (Phi) is 4.95. The van der Waals surface area contributed by atoms with E-state index in [0.717, 1.165) is 12.8 Å². The number of piperazine rings is 1. The van der Waals surface area contributed by atoms with Gasteiger partial charge in [0.25, 0.3) is 5.91 Å². The summed E-state index contributed by atoms with van der Waals surface area (Å²) in [5.41, 5.74) is -0.941. The SMILES string of the molecule is CC1CCC(C(=O)N2CCN(C(=O)OC(C)(C)C)CC2(C)C)O1. The summed E-state index contributed by atoms with van der Waals surface area (Å²) in [6, 6.07) is 0. The molecule has 0 bridgehead atoms. The normalized spacial score (nSPS) is 27.9. The zero-order chi connectivity index (χ0) is 17.4. The second kappa shape index (κ2) is 6.30. The molecular formula is C17H30N2O4. The largest absolute Gasteiger partial charge is 0.444 e. The van der Waals surface area contributed by atoms with Gasteiger partial charge in [-0.1, -0.05) is 0 Å². The Morgan fingerprint density at radius 3 is 2.30 bits per heavy atom. The monoisotopic (exact) mass is 326 g/mol. The summed E-state index contributed by atoms with van der Waals surface area (Å²) in [5, 5.41) is 0. The standard InChI is InChI=1S/C17H30N2O4/c1-12-7-8-13(22-12)14(20)19-10-9-18(11-17(19,5)6)15(21)23-16(2,3)4/h12-13H,7-11H2,1-6H3. The molecule has 2 saturated heterocycles. The van der Waals surface area contributed by atoms with Crippen molar-refractivity contribution in [2.45, 2.75) is 77.7 Å². The summed E-state index contributed by atoms with van der Waals surface area (Å²) in [7, 11) is 0. The zero-order valence-corrected chi connectivity index (χ0v) is 15.2. The summed E-state index contributed by atoms with van der Waals surface area (Å²) in [6.07, 6.45) is 1.20. The Balaban J connectivity index is 2.00. The molecule has 6 nitrogen and oxygen atoms in total. The predicted molar refractivity (Wildman–Crippen MR) is 87.2 cm³/mol. The highest BCUT2D eigenvalue weighted by molar-refractivity contribution is 5.82. The molecule has 0 spiro atoms. The summed E-state index contributed by atoms with van der Waals surface area (Å²) in [6.45, 7) is 13.0. The number of carbonyl (C=O) groups is 2. The molecule has 2 fully saturated rings. The van der Waals surface area contributed by atoms with Crippen molar-refractivity contribution in [1.82, 2.24) is 9.80 Å². The van der Waals surface area contributed by atoms with Crippen LogP contribution in [0.25, 0.3) is 0 Å². The van der Waals surface area contributed by atoms with E-state index in [0.29, 0.717) is 19.6 Å². The first-order valence-electron chi connectivity index (χ1n) is 8.44. The van der Waals surface area contributed by atoms with Gasteiger partial charge >= 0.3 is 6.09 Å². The Labute approximate surface area is 139 Å². The summed E-state index contributed by atoms with van der Waals surface area (Å²) >= 11 is 0. The van der Waals surface area contributed by atoms with Crippen molar-refractivity contribution in [3.63, 3.8) is 0 Å². The van der Waals surface area contributed by atoms with Crippen molar-refractivity contribution in [3.05, 3.63) is 0 Å². The van der Waals surface area contributed by atoms with Gasteiger partial charge in [0, 0.05) is 19.6 Å². The van der Waals surface area contributed by atoms with Crippen molar-refractivity contribution in [2.75, 3.05) is 19.6 Å². The second-order valence-corrected chi connectivity index (χ2v) is 8.22. The molecule has 0 radical (unpaired) electrons. The van der Waals surface area contributed by atoms with E-state index in [9.17, 15) is 9.59 Å². The highest BCUT2D eigenvalue weighted by Crippen LogP contribution is 2.27.